The van der Waals surface area contributed by atoms with Gasteiger partial charge in [-0.3, -0.25) is 0 Å². The first kappa shape index (κ1) is 7.65. The molecule has 0 atom stereocenters. The molecule has 3 heteroatoms. The van der Waals surface area contributed by atoms with Gasteiger partial charge >= 0.3 is 0 Å². The summed E-state index contributed by atoms with van der Waals surface area (Å²) in [6.07, 6.45) is 3.47. The normalized spacial score (nSPS) is 15.4. The zero-order chi connectivity index (χ0) is 8.39. The molecule has 2 heterocycles. The minimum Gasteiger partial charge on any atom is -0.370 e. The third kappa shape index (κ3) is 1.31. The fourth-order valence-corrected chi connectivity index (χ4v) is 1.61. The zero-order valence-corrected chi connectivity index (χ0v) is 7.51. The smallest absolute Gasteiger partial charge is 0.124 e. The van der Waals surface area contributed by atoms with E-state index in [0.29, 0.717) is 0 Å². The molecule has 1 aliphatic heterocycles. The van der Waals surface area contributed by atoms with E-state index in [1.165, 1.54) is 24.4 Å². The number of nitrogens with zero attached hydrogens (tertiary/aromatic N) is 2. The summed E-state index contributed by atoms with van der Waals surface area (Å²) in [5.41, 5.74) is 1.22. The van der Waals surface area contributed by atoms with Crippen molar-refractivity contribution in [2.45, 2.75) is 32.7 Å². The second-order valence-corrected chi connectivity index (χ2v) is 3.27. The van der Waals surface area contributed by atoms with Crippen LogP contribution in [-0.4, -0.2) is 16.3 Å². The Morgan fingerprint density at radius 3 is 3.33 bits per heavy atom. The summed E-state index contributed by atoms with van der Waals surface area (Å²) in [4.78, 5) is 0. The van der Waals surface area contributed by atoms with Gasteiger partial charge in [0.25, 0.3) is 0 Å². The molecule has 1 aromatic rings. The lowest BCUT2D eigenvalue weighted by Crippen LogP contribution is -2.17. The van der Waals surface area contributed by atoms with Gasteiger partial charge in [-0.2, -0.15) is 5.10 Å². The molecule has 66 valence electrons. The Bertz CT molecular complexity index is 241. The Balaban J connectivity index is 2.20. The molecule has 0 saturated heterocycles. The minimum absolute atomic E-state index is 1.08. The van der Waals surface area contributed by atoms with Gasteiger partial charge in [-0.15, -0.1) is 0 Å². The van der Waals surface area contributed by atoms with Crippen LogP contribution in [0, 0.1) is 0 Å². The maximum Gasteiger partial charge on any atom is 0.124 e. The summed E-state index contributed by atoms with van der Waals surface area (Å²) < 4.78 is 2.08. The molecule has 12 heavy (non-hydrogen) atoms. The van der Waals surface area contributed by atoms with E-state index in [2.05, 4.69) is 28.1 Å². The molecule has 0 fully saturated rings. The summed E-state index contributed by atoms with van der Waals surface area (Å²) >= 11 is 0. The largest absolute Gasteiger partial charge is 0.370 e. The number of anilines is 1. The van der Waals surface area contributed by atoms with Crippen molar-refractivity contribution in [1.82, 2.24) is 9.78 Å². The molecular weight excluding hydrogens is 150 g/mol. The Morgan fingerprint density at radius 1 is 1.67 bits per heavy atom. The van der Waals surface area contributed by atoms with Crippen molar-refractivity contribution in [3.63, 3.8) is 0 Å². The highest BCUT2D eigenvalue weighted by Gasteiger charge is 2.09. The third-order valence-electron chi connectivity index (χ3n) is 2.19. The third-order valence-corrected chi connectivity index (χ3v) is 2.19. The number of nitrogens with one attached hydrogen (secondary N) is 1. The Morgan fingerprint density at radius 2 is 2.58 bits per heavy atom. The fourth-order valence-electron chi connectivity index (χ4n) is 1.61. The summed E-state index contributed by atoms with van der Waals surface area (Å²) in [5, 5.41) is 7.84. The van der Waals surface area contributed by atoms with Crippen molar-refractivity contribution in [2.75, 3.05) is 11.9 Å². The summed E-state index contributed by atoms with van der Waals surface area (Å²) in [7, 11) is 0. The van der Waals surface area contributed by atoms with Gasteiger partial charge in [0, 0.05) is 19.2 Å². The van der Waals surface area contributed by atoms with Gasteiger partial charge in [-0.1, -0.05) is 13.3 Å². The molecule has 2 rings (SSSR count). The quantitative estimate of drug-likeness (QED) is 0.722. The second-order valence-electron chi connectivity index (χ2n) is 3.27. The first-order valence-corrected chi connectivity index (χ1v) is 4.71. The van der Waals surface area contributed by atoms with Gasteiger partial charge in [-0.05, 0) is 12.8 Å². The molecule has 1 aliphatic rings. The van der Waals surface area contributed by atoms with Crippen LogP contribution in [-0.2, 0) is 13.0 Å². The van der Waals surface area contributed by atoms with Gasteiger partial charge in [0.15, 0.2) is 0 Å². The van der Waals surface area contributed by atoms with Crippen molar-refractivity contribution in [3.05, 3.63) is 11.8 Å². The van der Waals surface area contributed by atoms with Gasteiger partial charge in [0.05, 0.1) is 5.69 Å². The standard InChI is InChI=1S/C9H15N3/c1-2-4-8-7-9-10-5-3-6-12(9)11-8/h7,10H,2-6H2,1H3. The highest BCUT2D eigenvalue weighted by Crippen LogP contribution is 2.15. The van der Waals surface area contributed by atoms with Crippen molar-refractivity contribution in [3.8, 4) is 0 Å². The van der Waals surface area contributed by atoms with Gasteiger partial charge in [-0.25, -0.2) is 4.68 Å². The molecule has 0 amide bonds. The topological polar surface area (TPSA) is 29.9 Å². The van der Waals surface area contributed by atoms with Crippen LogP contribution in [0.3, 0.4) is 0 Å². The molecule has 0 aromatic carbocycles. The highest BCUT2D eigenvalue weighted by atomic mass is 15.3. The molecule has 0 radical (unpaired) electrons. The number of hydrogen-bond donors (Lipinski definition) is 1. The van der Waals surface area contributed by atoms with Crippen LogP contribution in [0.15, 0.2) is 6.07 Å². The molecule has 0 saturated carbocycles. The molecule has 1 N–H and O–H groups in total. The van der Waals surface area contributed by atoms with E-state index in [-0.39, 0.29) is 0 Å². The Labute approximate surface area is 72.8 Å². The van der Waals surface area contributed by atoms with Gasteiger partial charge in [0.1, 0.15) is 5.82 Å². The van der Waals surface area contributed by atoms with Crippen LogP contribution >= 0.6 is 0 Å². The van der Waals surface area contributed by atoms with Crippen LogP contribution < -0.4 is 5.32 Å². The van der Waals surface area contributed by atoms with Crippen molar-refractivity contribution < 1.29 is 0 Å². The lowest BCUT2D eigenvalue weighted by molar-refractivity contribution is 0.560. The first-order chi connectivity index (χ1) is 5.90. The molecule has 0 bridgehead atoms. The maximum atomic E-state index is 4.49. The number of aromatic nitrogens is 2. The Hall–Kier alpha value is -0.990. The lowest BCUT2D eigenvalue weighted by Gasteiger charge is -2.14. The highest BCUT2D eigenvalue weighted by molar-refractivity contribution is 5.38. The molecule has 0 unspecified atom stereocenters. The van der Waals surface area contributed by atoms with E-state index in [1.807, 2.05) is 0 Å². The molecule has 1 aromatic heterocycles. The molecule has 0 spiro atoms. The molecule has 3 nitrogen and oxygen atoms in total. The van der Waals surface area contributed by atoms with Crippen molar-refractivity contribution >= 4 is 5.82 Å². The molecule has 0 aliphatic carbocycles. The summed E-state index contributed by atoms with van der Waals surface area (Å²) in [6, 6.07) is 2.17. The first-order valence-electron chi connectivity index (χ1n) is 4.71. The van der Waals surface area contributed by atoms with Crippen LogP contribution in [0.2, 0.25) is 0 Å². The van der Waals surface area contributed by atoms with Crippen LogP contribution in [0.25, 0.3) is 0 Å². The predicted octanol–water partition coefficient (Wildman–Crippen LogP) is 1.65. The monoisotopic (exact) mass is 165 g/mol. The Kier molecular flexibility index (Phi) is 2.02. The van der Waals surface area contributed by atoms with E-state index < -0.39 is 0 Å². The number of rotatable bonds is 2. The second kappa shape index (κ2) is 3.17. The minimum atomic E-state index is 1.08. The summed E-state index contributed by atoms with van der Waals surface area (Å²) in [6.45, 7) is 4.36. The maximum absolute atomic E-state index is 4.49. The van der Waals surface area contributed by atoms with Gasteiger partial charge in [0.2, 0.25) is 0 Å². The predicted molar refractivity (Wildman–Crippen MR) is 49.3 cm³/mol. The number of aryl methyl sites for hydroxylation is 2. The van der Waals surface area contributed by atoms with E-state index in [9.17, 15) is 0 Å². The number of hydrogen-bond acceptors (Lipinski definition) is 2. The van der Waals surface area contributed by atoms with Crippen molar-refractivity contribution in [2.24, 2.45) is 0 Å². The van der Waals surface area contributed by atoms with Crippen LogP contribution in [0.5, 0.6) is 0 Å². The van der Waals surface area contributed by atoms with E-state index in [1.54, 1.807) is 0 Å². The van der Waals surface area contributed by atoms with E-state index in [0.717, 1.165) is 19.5 Å². The average Bonchev–Trinajstić information content (AvgIpc) is 2.47. The summed E-state index contributed by atoms with van der Waals surface area (Å²) in [5.74, 6) is 1.20. The van der Waals surface area contributed by atoms with E-state index in [4.69, 9.17) is 0 Å². The van der Waals surface area contributed by atoms with Gasteiger partial charge < -0.3 is 5.32 Å². The van der Waals surface area contributed by atoms with E-state index >= 15 is 0 Å². The van der Waals surface area contributed by atoms with Crippen LogP contribution in [0.1, 0.15) is 25.5 Å². The van der Waals surface area contributed by atoms with Crippen molar-refractivity contribution in [1.29, 1.82) is 0 Å². The SMILES string of the molecule is CCCc1cc2n(n1)CCCN2. The molecular formula is C9H15N3. The van der Waals surface area contributed by atoms with Crippen LogP contribution in [0.4, 0.5) is 5.82 Å². The zero-order valence-electron chi connectivity index (χ0n) is 7.51. The number of fused-ring (bicyclic) bond motifs is 1. The fraction of sp³-hybridized carbons (Fsp3) is 0.667. The lowest BCUT2D eigenvalue weighted by atomic mass is 10.2. The average molecular weight is 165 g/mol.